The van der Waals surface area contributed by atoms with Gasteiger partial charge in [-0.05, 0) is 24.6 Å². The van der Waals surface area contributed by atoms with Gasteiger partial charge in [-0.2, -0.15) is 4.31 Å². The number of nitrogens with two attached hydrogens (primary N) is 1. The fraction of sp³-hybridized carbons (Fsp3) is 0.214. The maximum atomic E-state index is 12.8. The van der Waals surface area contributed by atoms with Crippen molar-refractivity contribution in [1.29, 1.82) is 0 Å². The first-order valence-electron chi connectivity index (χ1n) is 6.81. The maximum Gasteiger partial charge on any atom is 0.286 e. The smallest absolute Gasteiger partial charge is 0.286 e. The second-order valence-corrected chi connectivity index (χ2v) is 7.95. The number of carbonyl (C=O) groups excluding carboxylic acids is 1. The van der Waals surface area contributed by atoms with E-state index in [0.29, 0.717) is 17.7 Å². The second kappa shape index (κ2) is 6.29. The van der Waals surface area contributed by atoms with Crippen LogP contribution in [0.1, 0.15) is 21.9 Å². The van der Waals surface area contributed by atoms with Gasteiger partial charge in [-0.1, -0.05) is 23.2 Å². The lowest BCUT2D eigenvalue weighted by Crippen LogP contribution is -2.37. The van der Waals surface area contributed by atoms with Gasteiger partial charge in [-0.3, -0.25) is 4.79 Å². The highest BCUT2D eigenvalue weighted by molar-refractivity contribution is 7.89. The predicted octanol–water partition coefficient (Wildman–Crippen LogP) is 1.43. The van der Waals surface area contributed by atoms with Gasteiger partial charge in [-0.25, -0.2) is 18.4 Å². The van der Waals surface area contributed by atoms with Gasteiger partial charge in [0, 0.05) is 22.2 Å². The zero-order chi connectivity index (χ0) is 17.5. The fourth-order valence-corrected chi connectivity index (χ4v) is 4.49. The largest absolute Gasteiger partial charge is 0.363 e. The quantitative estimate of drug-likeness (QED) is 0.859. The highest BCUT2D eigenvalue weighted by atomic mass is 35.5. The van der Waals surface area contributed by atoms with Crippen LogP contribution in [0.25, 0.3) is 0 Å². The van der Waals surface area contributed by atoms with E-state index < -0.39 is 15.9 Å². The standard InChI is InChI=1S/C14H11Cl2N4O3S/c15-9-3-10(16)5-11(4-9)24(22,23)20-2-1-8-6-18-14(13(17)21)19-12(8)7-20/h3-5H,1-2,7H2,(H2,17,21). The van der Waals surface area contributed by atoms with Gasteiger partial charge in [0.1, 0.15) is 0 Å². The van der Waals surface area contributed by atoms with Crippen molar-refractivity contribution in [2.75, 3.05) is 6.54 Å². The van der Waals surface area contributed by atoms with Crippen LogP contribution < -0.4 is 5.73 Å². The van der Waals surface area contributed by atoms with E-state index in [2.05, 4.69) is 16.2 Å². The van der Waals surface area contributed by atoms with Crippen molar-refractivity contribution in [1.82, 2.24) is 14.3 Å². The molecule has 0 aliphatic carbocycles. The molecular formula is C14H11Cl2N4O3S. The average molecular weight is 386 g/mol. The van der Waals surface area contributed by atoms with Gasteiger partial charge in [0.2, 0.25) is 15.8 Å². The molecule has 125 valence electrons. The lowest BCUT2D eigenvalue weighted by Gasteiger charge is -2.27. The molecule has 1 aromatic heterocycles. The molecule has 7 nitrogen and oxygen atoms in total. The summed E-state index contributed by atoms with van der Waals surface area (Å²) in [6, 6.07) is 4.12. The van der Waals surface area contributed by atoms with Crippen LogP contribution in [0, 0.1) is 6.20 Å². The number of carbonyl (C=O) groups is 1. The Labute approximate surface area is 148 Å². The van der Waals surface area contributed by atoms with Gasteiger partial charge < -0.3 is 5.73 Å². The summed E-state index contributed by atoms with van der Waals surface area (Å²) in [7, 11) is -3.81. The molecule has 0 saturated carbocycles. The van der Waals surface area contributed by atoms with Gasteiger partial charge in [0.15, 0.2) is 0 Å². The molecule has 3 rings (SSSR count). The minimum atomic E-state index is -3.81. The monoisotopic (exact) mass is 385 g/mol. The Balaban J connectivity index is 1.96. The van der Waals surface area contributed by atoms with E-state index in [1.54, 1.807) is 0 Å². The number of aromatic nitrogens is 2. The minimum absolute atomic E-state index is 0.00314. The van der Waals surface area contributed by atoms with Crippen molar-refractivity contribution in [2.45, 2.75) is 17.9 Å². The topological polar surface area (TPSA) is 106 Å². The van der Waals surface area contributed by atoms with Crippen molar-refractivity contribution in [2.24, 2.45) is 5.73 Å². The molecule has 1 aliphatic heterocycles. The summed E-state index contributed by atoms with van der Waals surface area (Å²) < 4.78 is 26.8. The molecule has 24 heavy (non-hydrogen) atoms. The van der Waals surface area contributed by atoms with E-state index in [-0.39, 0.29) is 33.9 Å². The van der Waals surface area contributed by atoms with Gasteiger partial charge in [0.05, 0.1) is 23.3 Å². The molecule has 0 saturated heterocycles. The molecule has 1 amide bonds. The number of benzene rings is 1. The molecule has 1 aliphatic rings. The van der Waals surface area contributed by atoms with Crippen LogP contribution in [0.2, 0.25) is 10.0 Å². The number of amides is 1. The number of hydrogen-bond acceptors (Lipinski definition) is 5. The summed E-state index contributed by atoms with van der Waals surface area (Å²) in [4.78, 5) is 19.0. The minimum Gasteiger partial charge on any atom is -0.363 e. The van der Waals surface area contributed by atoms with Gasteiger partial charge in [0.25, 0.3) is 5.91 Å². The summed E-state index contributed by atoms with van der Waals surface area (Å²) in [5.41, 5.74) is 6.21. The first-order chi connectivity index (χ1) is 11.3. The molecule has 2 N–H and O–H groups in total. The highest BCUT2D eigenvalue weighted by Crippen LogP contribution is 2.27. The van der Waals surface area contributed by atoms with E-state index in [1.165, 1.54) is 22.5 Å². The molecule has 0 spiro atoms. The van der Waals surface area contributed by atoms with Crippen molar-refractivity contribution in [3.8, 4) is 0 Å². The van der Waals surface area contributed by atoms with Crippen molar-refractivity contribution in [3.63, 3.8) is 0 Å². The summed E-state index contributed by atoms with van der Waals surface area (Å²) in [6.45, 7) is 0.219. The van der Waals surface area contributed by atoms with Crippen LogP contribution in [0.15, 0.2) is 23.1 Å². The summed E-state index contributed by atoms with van der Waals surface area (Å²) >= 11 is 11.8. The van der Waals surface area contributed by atoms with Crippen LogP contribution in [-0.4, -0.2) is 35.1 Å². The molecule has 2 aromatic rings. The molecular weight excluding hydrogens is 375 g/mol. The zero-order valence-corrected chi connectivity index (χ0v) is 14.5. The molecule has 1 aromatic carbocycles. The second-order valence-electron chi connectivity index (χ2n) is 5.14. The van der Waals surface area contributed by atoms with Crippen LogP contribution in [0.3, 0.4) is 0 Å². The molecule has 0 unspecified atom stereocenters. The predicted molar refractivity (Wildman–Crippen MR) is 87.1 cm³/mol. The maximum absolute atomic E-state index is 12.8. The van der Waals surface area contributed by atoms with E-state index in [4.69, 9.17) is 28.9 Å². The van der Waals surface area contributed by atoms with E-state index >= 15 is 0 Å². The first kappa shape index (κ1) is 17.1. The molecule has 0 atom stereocenters. The Morgan fingerprint density at radius 3 is 2.54 bits per heavy atom. The van der Waals surface area contributed by atoms with Gasteiger partial charge in [-0.15, -0.1) is 0 Å². The normalized spacial score (nSPS) is 15.1. The Morgan fingerprint density at radius 2 is 1.92 bits per heavy atom. The third-order valence-corrected chi connectivity index (χ3v) is 5.78. The number of halogens is 2. The number of nitrogens with zero attached hydrogens (tertiary/aromatic N) is 3. The van der Waals surface area contributed by atoms with Crippen molar-refractivity contribution in [3.05, 3.63) is 51.5 Å². The van der Waals surface area contributed by atoms with Crippen LogP contribution in [0.4, 0.5) is 0 Å². The lowest BCUT2D eigenvalue weighted by molar-refractivity contribution is 0.0989. The Bertz CT molecular complexity index is 913. The summed E-state index contributed by atoms with van der Waals surface area (Å²) in [6.07, 6.45) is 3.07. The third kappa shape index (κ3) is 3.23. The fourth-order valence-electron chi connectivity index (χ4n) is 2.36. The van der Waals surface area contributed by atoms with E-state index in [1.807, 2.05) is 0 Å². The Kier molecular flexibility index (Phi) is 4.48. The average Bonchev–Trinajstić information content (AvgIpc) is 2.52. The number of rotatable bonds is 3. The third-order valence-electron chi connectivity index (χ3n) is 3.52. The summed E-state index contributed by atoms with van der Waals surface area (Å²) in [5, 5.41) is 0.454. The molecule has 10 heteroatoms. The number of hydrogen-bond donors (Lipinski definition) is 1. The Hall–Kier alpha value is -1.74. The van der Waals surface area contributed by atoms with Crippen LogP contribution >= 0.6 is 23.2 Å². The zero-order valence-electron chi connectivity index (χ0n) is 12.2. The van der Waals surface area contributed by atoms with Crippen molar-refractivity contribution < 1.29 is 13.2 Å². The summed E-state index contributed by atoms with van der Waals surface area (Å²) in [5.74, 6) is -0.991. The van der Waals surface area contributed by atoms with Crippen LogP contribution in [0.5, 0.6) is 0 Å². The Morgan fingerprint density at radius 1 is 1.25 bits per heavy atom. The highest BCUT2D eigenvalue weighted by Gasteiger charge is 2.30. The lowest BCUT2D eigenvalue weighted by atomic mass is 10.1. The van der Waals surface area contributed by atoms with Crippen LogP contribution in [-0.2, 0) is 23.0 Å². The molecule has 1 radical (unpaired) electrons. The van der Waals surface area contributed by atoms with E-state index in [0.717, 1.165) is 0 Å². The number of primary amides is 1. The molecule has 0 fully saturated rings. The number of sulfonamides is 1. The SMILES string of the molecule is NC(=O)c1n[c]c2c(n1)CN(S(=O)(=O)c1cc(Cl)cc(Cl)c1)CC2. The van der Waals surface area contributed by atoms with Gasteiger partial charge >= 0.3 is 0 Å². The molecule has 2 heterocycles. The first-order valence-corrected chi connectivity index (χ1v) is 9.00. The number of fused-ring (bicyclic) bond motifs is 1. The molecule has 0 bridgehead atoms. The van der Waals surface area contributed by atoms with E-state index in [9.17, 15) is 13.2 Å². The van der Waals surface area contributed by atoms with Crippen molar-refractivity contribution >= 4 is 39.1 Å².